The Hall–Kier alpha value is -3.15. The van der Waals surface area contributed by atoms with Crippen molar-refractivity contribution in [3.8, 4) is 11.3 Å². The molecule has 6 heteroatoms. The van der Waals surface area contributed by atoms with Crippen molar-refractivity contribution in [1.29, 1.82) is 0 Å². The van der Waals surface area contributed by atoms with Gasteiger partial charge in [-0.15, -0.1) is 0 Å². The van der Waals surface area contributed by atoms with Crippen LogP contribution in [-0.4, -0.2) is 21.6 Å². The van der Waals surface area contributed by atoms with Gasteiger partial charge < -0.3 is 15.8 Å². The van der Waals surface area contributed by atoms with Crippen LogP contribution in [0.3, 0.4) is 0 Å². The van der Waals surface area contributed by atoms with Gasteiger partial charge in [0.25, 0.3) is 0 Å². The van der Waals surface area contributed by atoms with E-state index in [-0.39, 0.29) is 0 Å². The van der Waals surface area contributed by atoms with E-state index in [1.54, 1.807) is 12.3 Å². The maximum atomic E-state index is 6.03. The van der Waals surface area contributed by atoms with Gasteiger partial charge in [0, 0.05) is 11.6 Å². The summed E-state index contributed by atoms with van der Waals surface area (Å²) in [6, 6.07) is 11.6. The summed E-state index contributed by atoms with van der Waals surface area (Å²) in [5.41, 5.74) is 8.99. The molecule has 1 aromatic carbocycles. The first-order valence-corrected chi connectivity index (χ1v) is 8.25. The van der Waals surface area contributed by atoms with Gasteiger partial charge in [-0.1, -0.05) is 44.2 Å². The van der Waals surface area contributed by atoms with Crippen molar-refractivity contribution >= 4 is 22.7 Å². The van der Waals surface area contributed by atoms with E-state index in [1.165, 1.54) is 0 Å². The molecule has 130 valence electrons. The molecule has 0 saturated heterocycles. The van der Waals surface area contributed by atoms with Crippen LogP contribution in [0.1, 0.15) is 20.8 Å². The normalized spacial score (nSPS) is 9.88. The van der Waals surface area contributed by atoms with Crippen molar-refractivity contribution < 1.29 is 4.74 Å². The van der Waals surface area contributed by atoms with E-state index < -0.39 is 0 Å². The standard InChI is InChI=1S/C17H17N5O.C2H6/c1-3-23-11(2)20-15-9-13-16(17(18)22-15)21-14(10-19-13)12-7-5-4-6-8-12;1-2/h4-10H,2-3H2,1H3,(H3,18,20,22);1-2H3. The summed E-state index contributed by atoms with van der Waals surface area (Å²) in [4.78, 5) is 13.3. The highest BCUT2D eigenvalue weighted by Gasteiger charge is 2.09. The fourth-order valence-electron chi connectivity index (χ4n) is 2.20. The van der Waals surface area contributed by atoms with Gasteiger partial charge in [0.1, 0.15) is 11.3 Å². The maximum Gasteiger partial charge on any atom is 0.184 e. The van der Waals surface area contributed by atoms with Crippen LogP contribution in [0.15, 0.2) is 55.1 Å². The number of nitrogens with one attached hydrogen (secondary N) is 1. The average molecular weight is 337 g/mol. The number of benzene rings is 1. The van der Waals surface area contributed by atoms with Gasteiger partial charge in [-0.3, -0.25) is 4.98 Å². The maximum absolute atomic E-state index is 6.03. The van der Waals surface area contributed by atoms with Gasteiger partial charge in [0.2, 0.25) is 0 Å². The number of aromatic nitrogens is 3. The molecule has 0 amide bonds. The van der Waals surface area contributed by atoms with Crippen LogP contribution < -0.4 is 11.1 Å². The Morgan fingerprint density at radius 3 is 2.60 bits per heavy atom. The molecule has 0 fully saturated rings. The zero-order valence-corrected chi connectivity index (χ0v) is 14.8. The summed E-state index contributed by atoms with van der Waals surface area (Å²) in [7, 11) is 0. The van der Waals surface area contributed by atoms with Crippen molar-refractivity contribution in [2.24, 2.45) is 0 Å². The predicted octanol–water partition coefficient (Wildman–Crippen LogP) is 4.22. The lowest BCUT2D eigenvalue weighted by molar-refractivity contribution is 0.236. The topological polar surface area (TPSA) is 86.0 Å². The molecule has 0 aliphatic rings. The first kappa shape index (κ1) is 18.2. The van der Waals surface area contributed by atoms with Gasteiger partial charge in [-0.05, 0) is 13.5 Å². The van der Waals surface area contributed by atoms with Crippen LogP contribution in [0.2, 0.25) is 0 Å². The molecule has 3 rings (SSSR count). The Kier molecular flexibility index (Phi) is 6.28. The molecule has 0 unspecified atom stereocenters. The van der Waals surface area contributed by atoms with E-state index in [9.17, 15) is 0 Å². The van der Waals surface area contributed by atoms with Crippen LogP contribution in [0.25, 0.3) is 22.3 Å². The lowest BCUT2D eigenvalue weighted by Crippen LogP contribution is -2.06. The third kappa shape index (κ3) is 4.44. The first-order chi connectivity index (χ1) is 12.2. The van der Waals surface area contributed by atoms with Crippen molar-refractivity contribution in [3.63, 3.8) is 0 Å². The first-order valence-electron chi connectivity index (χ1n) is 8.25. The zero-order chi connectivity index (χ0) is 18.2. The molecule has 2 heterocycles. The summed E-state index contributed by atoms with van der Waals surface area (Å²) in [5, 5.41) is 2.95. The molecule has 6 nitrogen and oxygen atoms in total. The molecular weight excluding hydrogens is 314 g/mol. The van der Waals surface area contributed by atoms with Gasteiger partial charge in [0.05, 0.1) is 24.0 Å². The Bertz CT molecular complexity index is 849. The second-order valence-corrected chi connectivity index (χ2v) is 4.86. The van der Waals surface area contributed by atoms with Crippen LogP contribution in [0, 0.1) is 0 Å². The highest BCUT2D eigenvalue weighted by Crippen LogP contribution is 2.24. The number of ether oxygens (including phenoxy) is 1. The van der Waals surface area contributed by atoms with Gasteiger partial charge in [0.15, 0.2) is 11.7 Å². The van der Waals surface area contributed by atoms with Crippen LogP contribution in [-0.2, 0) is 4.74 Å². The molecule has 0 radical (unpaired) electrons. The Morgan fingerprint density at radius 2 is 1.92 bits per heavy atom. The summed E-state index contributed by atoms with van der Waals surface area (Å²) in [6.07, 6.45) is 1.72. The second kappa shape index (κ2) is 8.63. The van der Waals surface area contributed by atoms with E-state index in [2.05, 4.69) is 26.8 Å². The molecule has 0 aliphatic heterocycles. The smallest absolute Gasteiger partial charge is 0.184 e. The highest BCUT2D eigenvalue weighted by molar-refractivity contribution is 5.88. The lowest BCUT2D eigenvalue weighted by Gasteiger charge is -2.11. The van der Waals surface area contributed by atoms with Crippen LogP contribution >= 0.6 is 0 Å². The second-order valence-electron chi connectivity index (χ2n) is 4.86. The molecular formula is C19H23N5O. The number of pyridine rings is 1. The molecule has 25 heavy (non-hydrogen) atoms. The fourth-order valence-corrected chi connectivity index (χ4v) is 2.20. The summed E-state index contributed by atoms with van der Waals surface area (Å²) in [6.45, 7) is 10.2. The quantitative estimate of drug-likeness (QED) is 0.678. The highest BCUT2D eigenvalue weighted by atomic mass is 16.5. The number of nitrogens with two attached hydrogens (primary N) is 1. The van der Waals surface area contributed by atoms with E-state index in [0.717, 1.165) is 11.3 Å². The average Bonchev–Trinajstić information content (AvgIpc) is 2.64. The SMILES string of the molecule is C=C(Nc1cc2ncc(-c3ccccc3)nc2c(N)n1)OCC.CC. The van der Waals surface area contributed by atoms with Gasteiger partial charge in [-0.2, -0.15) is 0 Å². The number of hydrogen-bond acceptors (Lipinski definition) is 6. The molecule has 2 aromatic heterocycles. The zero-order valence-electron chi connectivity index (χ0n) is 14.8. The van der Waals surface area contributed by atoms with E-state index in [0.29, 0.717) is 35.2 Å². The number of fused-ring (bicyclic) bond motifs is 1. The van der Waals surface area contributed by atoms with Crippen LogP contribution in [0.5, 0.6) is 0 Å². The minimum atomic E-state index is 0.305. The molecule has 0 aliphatic carbocycles. The van der Waals surface area contributed by atoms with E-state index in [1.807, 2.05) is 51.1 Å². The summed E-state index contributed by atoms with van der Waals surface area (Å²) >= 11 is 0. The minimum absolute atomic E-state index is 0.305. The predicted molar refractivity (Wildman–Crippen MR) is 103 cm³/mol. The van der Waals surface area contributed by atoms with Crippen molar-refractivity contribution in [1.82, 2.24) is 15.0 Å². The van der Waals surface area contributed by atoms with Crippen molar-refractivity contribution in [2.75, 3.05) is 17.7 Å². The fraction of sp³-hybridized carbons (Fsp3) is 0.211. The number of rotatable bonds is 5. The molecule has 3 aromatic rings. The number of nitrogens with zero attached hydrogens (tertiary/aromatic N) is 3. The van der Waals surface area contributed by atoms with Crippen molar-refractivity contribution in [2.45, 2.75) is 20.8 Å². The summed E-state index contributed by atoms with van der Waals surface area (Å²) < 4.78 is 5.25. The lowest BCUT2D eigenvalue weighted by atomic mass is 10.1. The van der Waals surface area contributed by atoms with Crippen LogP contribution in [0.4, 0.5) is 11.6 Å². The Balaban J connectivity index is 0.00000109. The van der Waals surface area contributed by atoms with E-state index >= 15 is 0 Å². The minimum Gasteiger partial charge on any atom is -0.480 e. The largest absolute Gasteiger partial charge is 0.480 e. The third-order valence-electron chi connectivity index (χ3n) is 3.21. The number of hydrogen-bond donors (Lipinski definition) is 2. The van der Waals surface area contributed by atoms with Crippen molar-refractivity contribution in [3.05, 3.63) is 55.1 Å². The van der Waals surface area contributed by atoms with Gasteiger partial charge >= 0.3 is 0 Å². The molecule has 0 atom stereocenters. The number of nitrogen functional groups attached to an aromatic ring is 1. The monoisotopic (exact) mass is 337 g/mol. The summed E-state index contributed by atoms with van der Waals surface area (Å²) in [5.74, 6) is 1.24. The molecule has 0 saturated carbocycles. The Morgan fingerprint density at radius 1 is 1.20 bits per heavy atom. The molecule has 3 N–H and O–H groups in total. The van der Waals surface area contributed by atoms with Gasteiger partial charge in [-0.25, -0.2) is 9.97 Å². The molecule has 0 bridgehead atoms. The van der Waals surface area contributed by atoms with E-state index in [4.69, 9.17) is 10.5 Å². The molecule has 0 spiro atoms. The number of anilines is 2. The third-order valence-corrected chi connectivity index (χ3v) is 3.21. The Labute approximate surface area is 147 Å².